The predicted octanol–water partition coefficient (Wildman–Crippen LogP) is 2.67. The third kappa shape index (κ3) is 7.76. The molecule has 1 atom stereocenters. The van der Waals surface area contributed by atoms with Crippen LogP contribution in [0.5, 0.6) is 0 Å². The smallest absolute Gasteiger partial charge is 0.407 e. The van der Waals surface area contributed by atoms with Crippen molar-refractivity contribution in [1.82, 2.24) is 20.2 Å². The lowest BCUT2D eigenvalue weighted by Crippen LogP contribution is -2.34. The van der Waals surface area contributed by atoms with Crippen molar-refractivity contribution in [1.29, 1.82) is 0 Å². The van der Waals surface area contributed by atoms with Gasteiger partial charge in [-0.25, -0.2) is 9.93 Å². The van der Waals surface area contributed by atoms with Crippen LogP contribution in [0.2, 0.25) is 0 Å². The molecular weight excluding hydrogens is 434 g/mol. The molecule has 0 spiro atoms. The Morgan fingerprint density at radius 1 is 1.03 bits per heavy atom. The van der Waals surface area contributed by atoms with E-state index in [1.807, 2.05) is 60.7 Å². The van der Waals surface area contributed by atoms with Crippen molar-refractivity contribution in [3.05, 3.63) is 72.1 Å². The van der Waals surface area contributed by atoms with Gasteiger partial charge in [-0.1, -0.05) is 48.5 Å². The molecule has 1 unspecified atom stereocenters. The quantitative estimate of drug-likeness (QED) is 0.373. The second-order valence-electron chi connectivity index (χ2n) is 7.01. The maximum atomic E-state index is 11.8. The fourth-order valence-electron chi connectivity index (χ4n) is 2.94. The van der Waals surface area contributed by atoms with Crippen LogP contribution in [0.25, 0.3) is 11.5 Å². The number of nitrogens with zero attached hydrogens (tertiary/aromatic N) is 2. The summed E-state index contributed by atoms with van der Waals surface area (Å²) in [6, 6.07) is 17.7. The van der Waals surface area contributed by atoms with Gasteiger partial charge in [-0.15, -0.1) is 10.2 Å². The van der Waals surface area contributed by atoms with E-state index in [1.165, 1.54) is 0 Å². The minimum Gasteiger partial charge on any atom is -0.445 e. The minimum atomic E-state index is -3.98. The molecule has 2 aromatic carbocycles. The summed E-state index contributed by atoms with van der Waals surface area (Å²) in [5.74, 6) is 0.401. The highest BCUT2D eigenvalue weighted by Crippen LogP contribution is 2.23. The zero-order valence-corrected chi connectivity index (χ0v) is 18.1. The van der Waals surface area contributed by atoms with Crippen molar-refractivity contribution >= 4 is 16.3 Å². The molecule has 4 N–H and O–H groups in total. The van der Waals surface area contributed by atoms with Gasteiger partial charge in [0.25, 0.3) is 10.2 Å². The third-order valence-corrected chi connectivity index (χ3v) is 5.08. The molecule has 1 amide bonds. The third-order valence-electron chi connectivity index (χ3n) is 4.47. The fraction of sp³-hybridized carbons (Fsp3) is 0.286. The Hall–Kier alpha value is -3.28. The van der Waals surface area contributed by atoms with Crippen LogP contribution in [0.1, 0.15) is 36.8 Å². The number of aromatic nitrogens is 2. The van der Waals surface area contributed by atoms with Crippen LogP contribution in [-0.4, -0.2) is 31.3 Å². The van der Waals surface area contributed by atoms with E-state index >= 15 is 0 Å². The Balaban J connectivity index is 1.47. The molecule has 0 aliphatic rings. The average Bonchev–Trinajstić information content (AvgIpc) is 3.27. The van der Waals surface area contributed by atoms with E-state index in [0.29, 0.717) is 25.8 Å². The molecule has 0 fully saturated rings. The van der Waals surface area contributed by atoms with Gasteiger partial charge < -0.3 is 14.5 Å². The summed E-state index contributed by atoms with van der Waals surface area (Å²) in [6.07, 6.45) is 0.989. The summed E-state index contributed by atoms with van der Waals surface area (Å²) >= 11 is 0. The fourth-order valence-corrected chi connectivity index (χ4v) is 3.56. The highest BCUT2D eigenvalue weighted by molar-refractivity contribution is 7.87. The van der Waals surface area contributed by atoms with Crippen molar-refractivity contribution < 1.29 is 22.4 Å². The highest BCUT2D eigenvalue weighted by atomic mass is 32.2. The molecule has 0 aliphatic heterocycles. The van der Waals surface area contributed by atoms with Gasteiger partial charge >= 0.3 is 6.09 Å². The van der Waals surface area contributed by atoms with Gasteiger partial charge in [0.2, 0.25) is 11.8 Å². The molecule has 3 rings (SSSR count). The van der Waals surface area contributed by atoms with Crippen LogP contribution in [0, 0.1) is 0 Å². The highest BCUT2D eigenvalue weighted by Gasteiger charge is 2.22. The molecule has 11 heteroatoms. The van der Waals surface area contributed by atoms with Gasteiger partial charge in [0.05, 0.1) is 0 Å². The zero-order chi connectivity index (χ0) is 22.8. The number of nitrogens with two attached hydrogens (primary N) is 1. The number of carbonyl (C=O) groups excluding carboxylic acids is 1. The van der Waals surface area contributed by atoms with Crippen molar-refractivity contribution in [3.8, 4) is 11.5 Å². The summed E-state index contributed by atoms with van der Waals surface area (Å²) in [7, 11) is -3.98. The van der Waals surface area contributed by atoms with Crippen LogP contribution >= 0.6 is 0 Å². The van der Waals surface area contributed by atoms with Crippen molar-refractivity contribution in [2.45, 2.75) is 31.9 Å². The first-order chi connectivity index (χ1) is 15.4. The number of amides is 1. The molecule has 3 aromatic rings. The predicted molar refractivity (Wildman–Crippen MR) is 117 cm³/mol. The number of benzene rings is 2. The van der Waals surface area contributed by atoms with Crippen LogP contribution in [0.15, 0.2) is 65.1 Å². The second-order valence-corrected chi connectivity index (χ2v) is 8.34. The van der Waals surface area contributed by atoms with Crippen molar-refractivity contribution in [3.63, 3.8) is 0 Å². The van der Waals surface area contributed by atoms with E-state index in [2.05, 4.69) is 20.2 Å². The monoisotopic (exact) mass is 459 g/mol. The van der Waals surface area contributed by atoms with Crippen LogP contribution in [0.3, 0.4) is 0 Å². The van der Waals surface area contributed by atoms with E-state index in [-0.39, 0.29) is 18.4 Å². The zero-order valence-electron chi connectivity index (χ0n) is 17.3. The van der Waals surface area contributed by atoms with E-state index in [0.717, 1.165) is 11.1 Å². The summed E-state index contributed by atoms with van der Waals surface area (Å²) in [5, 5.41) is 15.8. The molecule has 0 saturated carbocycles. The van der Waals surface area contributed by atoms with Crippen LogP contribution in [-0.2, 0) is 21.6 Å². The van der Waals surface area contributed by atoms with Crippen molar-refractivity contribution in [2.24, 2.45) is 5.14 Å². The standard InChI is InChI=1S/C21H25N5O5S/c22-32(28,29)26-18(20-25-24-19(31-20)17-11-5-2-6-12-17)13-7-8-14-23-21(27)30-15-16-9-3-1-4-10-16/h1-6,9-12,18,26H,7-8,13-15H2,(H,23,27)(H2,22,28,29). The van der Waals surface area contributed by atoms with Gasteiger partial charge in [0.1, 0.15) is 12.6 Å². The van der Waals surface area contributed by atoms with Gasteiger partial charge in [0, 0.05) is 12.1 Å². The number of ether oxygens (including phenoxy) is 1. The molecule has 0 bridgehead atoms. The second kappa shape index (κ2) is 11.4. The maximum Gasteiger partial charge on any atom is 0.407 e. The SMILES string of the molecule is NS(=O)(=O)NC(CCCCNC(=O)OCc1ccccc1)c1nnc(-c2ccccc2)o1. The normalized spacial score (nSPS) is 12.3. The molecule has 0 aliphatic carbocycles. The largest absolute Gasteiger partial charge is 0.445 e. The molecule has 10 nitrogen and oxygen atoms in total. The molecule has 32 heavy (non-hydrogen) atoms. The minimum absolute atomic E-state index is 0.119. The lowest BCUT2D eigenvalue weighted by Gasteiger charge is -2.13. The Bertz CT molecular complexity index is 1090. The molecule has 0 saturated heterocycles. The van der Waals surface area contributed by atoms with Crippen molar-refractivity contribution in [2.75, 3.05) is 6.54 Å². The van der Waals surface area contributed by atoms with Crippen LogP contribution in [0.4, 0.5) is 4.79 Å². The topological polar surface area (TPSA) is 149 Å². The summed E-state index contributed by atoms with van der Waals surface area (Å²) < 4.78 is 36.2. The summed E-state index contributed by atoms with van der Waals surface area (Å²) in [6.45, 7) is 0.558. The summed E-state index contributed by atoms with van der Waals surface area (Å²) in [5.41, 5.74) is 1.62. The number of hydrogen-bond acceptors (Lipinski definition) is 7. The number of unbranched alkanes of at least 4 members (excludes halogenated alkanes) is 1. The molecule has 170 valence electrons. The Labute approximate surface area is 186 Å². The first-order valence-corrected chi connectivity index (χ1v) is 11.6. The van der Waals surface area contributed by atoms with Crippen LogP contribution < -0.4 is 15.2 Å². The van der Waals surface area contributed by atoms with E-state index < -0.39 is 22.3 Å². The average molecular weight is 460 g/mol. The van der Waals surface area contributed by atoms with Gasteiger partial charge in [-0.2, -0.15) is 13.1 Å². The van der Waals surface area contributed by atoms with E-state index in [4.69, 9.17) is 14.3 Å². The molecular formula is C21H25N5O5S. The number of rotatable bonds is 11. The first kappa shape index (κ1) is 23.4. The Morgan fingerprint density at radius 3 is 2.41 bits per heavy atom. The van der Waals surface area contributed by atoms with Gasteiger partial charge in [0.15, 0.2) is 0 Å². The molecule has 1 aromatic heterocycles. The first-order valence-electron chi connectivity index (χ1n) is 10.0. The van der Waals surface area contributed by atoms with E-state index in [1.54, 1.807) is 0 Å². The number of nitrogens with one attached hydrogen (secondary N) is 2. The summed E-state index contributed by atoms with van der Waals surface area (Å²) in [4.78, 5) is 11.8. The molecule has 0 radical (unpaired) electrons. The Morgan fingerprint density at radius 2 is 1.72 bits per heavy atom. The number of hydrogen-bond donors (Lipinski definition) is 3. The van der Waals surface area contributed by atoms with Gasteiger partial charge in [-0.05, 0) is 37.0 Å². The van der Waals surface area contributed by atoms with Gasteiger partial charge in [-0.3, -0.25) is 0 Å². The molecule has 1 heterocycles. The number of alkyl carbamates (subject to hydrolysis) is 1. The lowest BCUT2D eigenvalue weighted by atomic mass is 10.1. The Kier molecular flexibility index (Phi) is 8.31. The number of carbonyl (C=O) groups is 1. The lowest BCUT2D eigenvalue weighted by molar-refractivity contribution is 0.139. The maximum absolute atomic E-state index is 11.8. The van der Waals surface area contributed by atoms with E-state index in [9.17, 15) is 13.2 Å².